The van der Waals surface area contributed by atoms with E-state index in [0.717, 1.165) is 29.9 Å². The van der Waals surface area contributed by atoms with E-state index < -0.39 is 11.2 Å². The van der Waals surface area contributed by atoms with Crippen LogP contribution in [0.4, 0.5) is 5.82 Å². The SMILES string of the molecule is [O-][S@+]1CCc2nc(Cl)nc(NC34CC(CO)(C3)C4)c21. The minimum Gasteiger partial charge on any atom is -0.611 e. The number of aryl methyl sites for hydroxylation is 1. The number of hydrogen-bond acceptors (Lipinski definition) is 5. The summed E-state index contributed by atoms with van der Waals surface area (Å²) < 4.78 is 12.0. The van der Waals surface area contributed by atoms with Crippen molar-refractivity contribution in [1.82, 2.24) is 9.97 Å². The molecule has 1 aromatic rings. The molecule has 2 bridgehead atoms. The monoisotopic (exact) mass is 299 g/mol. The lowest BCUT2D eigenvalue weighted by Gasteiger charge is -2.70. The number of aromatic nitrogens is 2. The van der Waals surface area contributed by atoms with Crippen molar-refractivity contribution < 1.29 is 9.66 Å². The molecule has 7 heteroatoms. The molecule has 102 valence electrons. The Morgan fingerprint density at radius 2 is 2.11 bits per heavy atom. The highest BCUT2D eigenvalue weighted by molar-refractivity contribution is 7.91. The zero-order valence-corrected chi connectivity index (χ0v) is 11.9. The van der Waals surface area contributed by atoms with Crippen LogP contribution in [0.5, 0.6) is 0 Å². The van der Waals surface area contributed by atoms with Crippen molar-refractivity contribution >= 4 is 28.6 Å². The van der Waals surface area contributed by atoms with Gasteiger partial charge in [0.25, 0.3) is 0 Å². The summed E-state index contributed by atoms with van der Waals surface area (Å²) in [6.45, 7) is 0.255. The summed E-state index contributed by atoms with van der Waals surface area (Å²) in [5, 5.41) is 12.9. The molecular formula is C12H14ClN3O2S. The van der Waals surface area contributed by atoms with E-state index in [1.165, 1.54) is 0 Å². The summed E-state index contributed by atoms with van der Waals surface area (Å²) >= 11 is 4.91. The van der Waals surface area contributed by atoms with Crippen LogP contribution in [-0.4, -0.2) is 37.5 Å². The molecule has 4 aliphatic rings. The van der Waals surface area contributed by atoms with Crippen molar-refractivity contribution in [2.24, 2.45) is 5.41 Å². The lowest BCUT2D eigenvalue weighted by Crippen LogP contribution is -2.72. The van der Waals surface area contributed by atoms with Crippen LogP contribution >= 0.6 is 11.6 Å². The van der Waals surface area contributed by atoms with Crippen LogP contribution in [-0.2, 0) is 17.6 Å². The summed E-state index contributed by atoms with van der Waals surface area (Å²) in [4.78, 5) is 9.11. The van der Waals surface area contributed by atoms with Crippen LogP contribution < -0.4 is 5.32 Å². The Kier molecular flexibility index (Phi) is 2.41. The van der Waals surface area contributed by atoms with E-state index in [1.54, 1.807) is 0 Å². The van der Waals surface area contributed by atoms with Gasteiger partial charge >= 0.3 is 0 Å². The number of aliphatic hydroxyl groups is 1. The van der Waals surface area contributed by atoms with Gasteiger partial charge in [-0.2, -0.15) is 4.98 Å². The second-order valence-electron chi connectivity index (χ2n) is 6.01. The Hall–Kier alpha value is -0.560. The number of rotatable bonds is 3. The number of anilines is 1. The lowest BCUT2D eigenvalue weighted by atomic mass is 9.39. The summed E-state index contributed by atoms with van der Waals surface area (Å²) in [6.07, 6.45) is 3.57. The molecule has 1 aliphatic heterocycles. The Bertz CT molecular complexity index is 548. The molecule has 2 N–H and O–H groups in total. The molecule has 0 spiro atoms. The van der Waals surface area contributed by atoms with Crippen molar-refractivity contribution in [2.45, 2.75) is 36.1 Å². The minimum absolute atomic E-state index is 0.0287. The highest BCUT2D eigenvalue weighted by Gasteiger charge is 2.68. The Labute approximate surface area is 119 Å². The third-order valence-corrected chi connectivity index (χ3v) is 6.15. The minimum atomic E-state index is -1.02. The third-order valence-electron chi connectivity index (χ3n) is 4.52. The Morgan fingerprint density at radius 3 is 2.79 bits per heavy atom. The van der Waals surface area contributed by atoms with E-state index in [1.807, 2.05) is 0 Å². The van der Waals surface area contributed by atoms with Gasteiger partial charge in [0.05, 0.1) is 0 Å². The molecule has 1 atom stereocenters. The van der Waals surface area contributed by atoms with Crippen LogP contribution in [0, 0.1) is 5.41 Å². The van der Waals surface area contributed by atoms with Gasteiger partial charge in [0, 0.05) is 24.0 Å². The van der Waals surface area contributed by atoms with Gasteiger partial charge in [0.1, 0.15) is 11.4 Å². The van der Waals surface area contributed by atoms with Gasteiger partial charge in [-0.3, -0.25) is 0 Å². The average Bonchev–Trinajstić information content (AvgIpc) is 2.63. The molecular weight excluding hydrogens is 286 g/mol. The summed E-state index contributed by atoms with van der Waals surface area (Å²) in [5.41, 5.74) is 0.969. The number of nitrogens with zero attached hydrogens (tertiary/aromatic N) is 2. The fraction of sp³-hybridized carbons (Fsp3) is 0.667. The maximum atomic E-state index is 12.0. The van der Waals surface area contributed by atoms with E-state index in [9.17, 15) is 9.66 Å². The summed E-state index contributed by atoms with van der Waals surface area (Å²) in [6, 6.07) is 0. The van der Waals surface area contributed by atoms with Gasteiger partial charge in [-0.15, -0.1) is 0 Å². The predicted octanol–water partition coefficient (Wildman–Crippen LogP) is 1.12. The normalized spacial score (nSPS) is 38.4. The van der Waals surface area contributed by atoms with Crippen LogP contribution in [0.3, 0.4) is 0 Å². The average molecular weight is 300 g/mol. The number of aliphatic hydroxyl groups excluding tert-OH is 1. The van der Waals surface area contributed by atoms with E-state index in [4.69, 9.17) is 11.6 Å². The van der Waals surface area contributed by atoms with Crippen LogP contribution in [0.15, 0.2) is 4.90 Å². The maximum absolute atomic E-state index is 12.0. The molecule has 0 aromatic carbocycles. The summed E-state index contributed by atoms with van der Waals surface area (Å²) in [7, 11) is 0. The standard InChI is InChI=1S/C12H14ClN3O2S/c13-10-14-7-1-2-19(18)8(7)9(15-10)16-12-3-11(4-12,5-12)6-17/h17H,1-6H2,(H,14,15,16)/t11?,12?,19-/m1/s1. The molecule has 2 heterocycles. The number of hydrogen-bond donors (Lipinski definition) is 2. The van der Waals surface area contributed by atoms with Crippen molar-refractivity contribution in [3.63, 3.8) is 0 Å². The zero-order valence-electron chi connectivity index (χ0n) is 10.3. The fourth-order valence-corrected chi connectivity index (χ4v) is 5.29. The first-order chi connectivity index (χ1) is 9.05. The highest BCUT2D eigenvalue weighted by Crippen LogP contribution is 2.68. The molecule has 0 saturated heterocycles. The lowest BCUT2D eigenvalue weighted by molar-refractivity contribution is -0.146. The first-order valence-electron chi connectivity index (χ1n) is 6.39. The molecule has 3 fully saturated rings. The van der Waals surface area contributed by atoms with E-state index in [2.05, 4.69) is 15.3 Å². The highest BCUT2D eigenvalue weighted by atomic mass is 35.5. The first kappa shape index (κ1) is 12.2. The molecule has 5 nitrogen and oxygen atoms in total. The molecule has 0 amide bonds. The number of halogens is 1. The number of nitrogens with one attached hydrogen (secondary N) is 1. The molecule has 1 aromatic heterocycles. The van der Waals surface area contributed by atoms with Gasteiger partial charge in [0.2, 0.25) is 10.2 Å². The van der Waals surface area contributed by atoms with Gasteiger partial charge < -0.3 is 15.0 Å². The van der Waals surface area contributed by atoms with Crippen LogP contribution in [0.25, 0.3) is 0 Å². The molecule has 0 radical (unpaired) electrons. The van der Waals surface area contributed by atoms with Crippen molar-refractivity contribution in [2.75, 3.05) is 17.7 Å². The van der Waals surface area contributed by atoms with Crippen LogP contribution in [0.2, 0.25) is 5.28 Å². The first-order valence-corrected chi connectivity index (χ1v) is 8.08. The van der Waals surface area contributed by atoms with Crippen molar-refractivity contribution in [3.8, 4) is 0 Å². The van der Waals surface area contributed by atoms with E-state index in [0.29, 0.717) is 18.0 Å². The smallest absolute Gasteiger partial charge is 0.224 e. The zero-order chi connectivity index (χ0) is 13.3. The van der Waals surface area contributed by atoms with Crippen LogP contribution in [0.1, 0.15) is 25.0 Å². The maximum Gasteiger partial charge on any atom is 0.224 e. The van der Waals surface area contributed by atoms with Crippen molar-refractivity contribution in [1.29, 1.82) is 0 Å². The molecule has 3 saturated carbocycles. The predicted molar refractivity (Wildman–Crippen MR) is 71.7 cm³/mol. The van der Waals surface area contributed by atoms with Crippen molar-refractivity contribution in [3.05, 3.63) is 11.0 Å². The summed E-state index contributed by atoms with van der Waals surface area (Å²) in [5.74, 6) is 1.24. The Morgan fingerprint density at radius 1 is 1.37 bits per heavy atom. The van der Waals surface area contributed by atoms with E-state index >= 15 is 0 Å². The van der Waals surface area contributed by atoms with Gasteiger partial charge in [-0.25, -0.2) is 4.98 Å². The van der Waals surface area contributed by atoms with E-state index in [-0.39, 0.29) is 22.8 Å². The molecule has 5 rings (SSSR count). The fourth-order valence-electron chi connectivity index (χ4n) is 3.80. The van der Waals surface area contributed by atoms with Gasteiger partial charge in [-0.1, -0.05) is 0 Å². The molecule has 0 unspecified atom stereocenters. The number of fused-ring (bicyclic) bond motifs is 1. The quantitative estimate of drug-likeness (QED) is 0.646. The van der Waals surface area contributed by atoms with Gasteiger partial charge in [-0.05, 0) is 42.0 Å². The largest absolute Gasteiger partial charge is 0.611 e. The third kappa shape index (κ3) is 1.63. The second-order valence-corrected chi connectivity index (χ2v) is 7.86. The second kappa shape index (κ2) is 3.75. The Balaban J connectivity index is 1.63. The molecule has 19 heavy (non-hydrogen) atoms. The van der Waals surface area contributed by atoms with Gasteiger partial charge in [0.15, 0.2) is 5.82 Å². The topological polar surface area (TPSA) is 81.1 Å². The molecule has 3 aliphatic carbocycles.